The summed E-state index contributed by atoms with van der Waals surface area (Å²) in [6.45, 7) is 0. The van der Waals surface area contributed by atoms with Crippen LogP contribution in [-0.2, 0) is 0 Å². The van der Waals surface area contributed by atoms with Crippen molar-refractivity contribution in [3.8, 4) is 11.5 Å². The van der Waals surface area contributed by atoms with Crippen LogP contribution in [0.1, 0.15) is 5.56 Å². The average molecular weight is 525 g/mol. The van der Waals surface area contributed by atoms with Crippen molar-refractivity contribution in [2.24, 2.45) is 0 Å². The molecule has 184 valence electrons. The topological polar surface area (TPSA) is 9.23 Å². The minimum absolute atomic E-state index is 0. The zero-order valence-corrected chi connectivity index (χ0v) is 21.9. The predicted molar refractivity (Wildman–Crippen MR) is 152 cm³/mol. The molecule has 1 nitrogen and oxygen atoms in total. The van der Waals surface area contributed by atoms with Gasteiger partial charge in [-0.2, -0.15) is 0 Å². The number of hydrogen-bond donors (Lipinski definition) is 0. The summed E-state index contributed by atoms with van der Waals surface area (Å²) in [7, 11) is -1.96. The summed E-state index contributed by atoms with van der Waals surface area (Å²) >= 11 is 0. The first-order chi connectivity index (χ1) is 17.8. The van der Waals surface area contributed by atoms with Gasteiger partial charge in [0.2, 0.25) is 0 Å². The molecule has 37 heavy (non-hydrogen) atoms. The Morgan fingerprint density at radius 1 is 0.595 bits per heavy atom. The summed E-state index contributed by atoms with van der Waals surface area (Å²) in [4.78, 5) is 0. The summed E-state index contributed by atoms with van der Waals surface area (Å²) in [5.74, 6) is 0.453. The lowest BCUT2D eigenvalue weighted by Crippen LogP contribution is -3.00. The van der Waals surface area contributed by atoms with Crippen molar-refractivity contribution in [3.05, 3.63) is 157 Å². The fourth-order valence-corrected chi connectivity index (χ4v) is 8.47. The summed E-state index contributed by atoms with van der Waals surface area (Å²) < 4.78 is 20.3. The Hall–Kier alpha value is -3.71. The van der Waals surface area contributed by atoms with Crippen LogP contribution in [0, 0.1) is 5.82 Å². The van der Waals surface area contributed by atoms with Crippen molar-refractivity contribution in [3.63, 3.8) is 0 Å². The lowest BCUT2D eigenvalue weighted by atomic mass is 10.2. The molecule has 0 N–H and O–H groups in total. The monoisotopic (exact) mass is 524 g/mol. The molecule has 0 spiro atoms. The Kier molecular flexibility index (Phi) is 8.90. The highest BCUT2D eigenvalue weighted by Gasteiger charge is 2.44. The van der Waals surface area contributed by atoms with E-state index in [9.17, 15) is 4.39 Å². The maximum Gasteiger partial charge on any atom is 0.165 e. The normalized spacial score (nSPS) is 11.2. The first-order valence-corrected chi connectivity index (χ1v) is 14.0. The van der Waals surface area contributed by atoms with E-state index in [0.29, 0.717) is 5.75 Å². The van der Waals surface area contributed by atoms with E-state index in [1.54, 1.807) is 12.1 Å². The largest absolute Gasteiger partial charge is 1.00 e. The molecule has 5 aromatic carbocycles. The number of halogens is 2. The molecule has 0 aliphatic heterocycles. The number of benzene rings is 5. The first kappa shape index (κ1) is 26.4. The zero-order valence-electron chi connectivity index (χ0n) is 20.3. The van der Waals surface area contributed by atoms with Crippen LogP contribution in [0.25, 0.3) is 6.08 Å². The molecular weight excluding hydrogens is 498 g/mol. The lowest BCUT2D eigenvalue weighted by Gasteiger charge is -2.26. The van der Waals surface area contributed by atoms with Crippen molar-refractivity contribution in [2.45, 2.75) is 0 Å². The van der Waals surface area contributed by atoms with Gasteiger partial charge in [0.05, 0.1) is 6.16 Å². The van der Waals surface area contributed by atoms with Crippen LogP contribution < -0.4 is 33.1 Å². The van der Waals surface area contributed by atoms with Gasteiger partial charge >= 0.3 is 0 Å². The van der Waals surface area contributed by atoms with Crippen molar-refractivity contribution in [1.82, 2.24) is 0 Å². The fourth-order valence-electron chi connectivity index (χ4n) is 4.48. The van der Waals surface area contributed by atoms with Crippen LogP contribution in [0.4, 0.5) is 4.39 Å². The zero-order chi connectivity index (χ0) is 24.6. The van der Waals surface area contributed by atoms with Gasteiger partial charge in [0.25, 0.3) is 0 Å². The van der Waals surface area contributed by atoms with E-state index in [1.165, 1.54) is 22.0 Å². The van der Waals surface area contributed by atoms with E-state index in [1.807, 2.05) is 30.3 Å². The number of allylic oxidation sites excluding steroid dienone is 1. The van der Waals surface area contributed by atoms with Crippen molar-refractivity contribution < 1.29 is 21.5 Å². The third-order valence-corrected chi connectivity index (χ3v) is 10.5. The molecule has 0 aliphatic rings. The van der Waals surface area contributed by atoms with Crippen LogP contribution >= 0.6 is 7.26 Å². The van der Waals surface area contributed by atoms with Gasteiger partial charge in [0.1, 0.15) is 28.9 Å². The smallest absolute Gasteiger partial charge is 0.165 e. The summed E-state index contributed by atoms with van der Waals surface area (Å²) in [5, 5.41) is 4.00. The minimum Gasteiger partial charge on any atom is -1.00 e. The van der Waals surface area contributed by atoms with Crippen LogP contribution in [0.3, 0.4) is 0 Å². The maximum atomic E-state index is 14.5. The summed E-state index contributed by atoms with van der Waals surface area (Å²) in [5.41, 5.74) is 0.898. The fraction of sp³-hybridized carbons (Fsp3) is 0.0303. The molecule has 0 unspecified atom stereocenters. The van der Waals surface area contributed by atoms with E-state index >= 15 is 0 Å². The summed E-state index contributed by atoms with van der Waals surface area (Å²) in [6.07, 6.45) is 5.14. The molecule has 0 saturated carbocycles. The van der Waals surface area contributed by atoms with Crippen LogP contribution in [0.5, 0.6) is 11.5 Å². The van der Waals surface area contributed by atoms with Gasteiger partial charge < -0.3 is 17.1 Å². The molecule has 0 heterocycles. The number of rotatable bonds is 8. The number of hydrogen-bond acceptors (Lipinski definition) is 1. The highest BCUT2D eigenvalue weighted by Crippen LogP contribution is 2.55. The van der Waals surface area contributed by atoms with Crippen molar-refractivity contribution in [2.75, 3.05) is 6.16 Å². The van der Waals surface area contributed by atoms with E-state index in [-0.39, 0.29) is 24.0 Å². The third kappa shape index (κ3) is 6.00. The maximum absolute atomic E-state index is 14.5. The number of ether oxygens (including phenoxy) is 1. The third-order valence-electron chi connectivity index (χ3n) is 6.21. The van der Waals surface area contributed by atoms with Gasteiger partial charge in [-0.25, -0.2) is 4.39 Å². The molecule has 0 saturated heterocycles. The van der Waals surface area contributed by atoms with Gasteiger partial charge in [-0.1, -0.05) is 84.9 Å². The molecule has 5 rings (SSSR count). The Bertz CT molecular complexity index is 1330. The molecular formula is C33H27ClFOP. The lowest BCUT2D eigenvalue weighted by molar-refractivity contribution is -0.00000786. The highest BCUT2D eigenvalue weighted by molar-refractivity contribution is 7.95. The van der Waals surface area contributed by atoms with E-state index in [4.69, 9.17) is 4.74 Å². The molecule has 5 aromatic rings. The molecule has 0 bridgehead atoms. The molecule has 0 aromatic heterocycles. The Labute approximate surface area is 225 Å². The molecule has 0 aliphatic carbocycles. The Balaban J connectivity index is 0.00000320. The minimum atomic E-state index is -1.96. The van der Waals surface area contributed by atoms with Crippen LogP contribution in [-0.4, -0.2) is 6.16 Å². The molecule has 0 radical (unpaired) electrons. The quantitative estimate of drug-likeness (QED) is 0.269. The van der Waals surface area contributed by atoms with E-state index in [2.05, 4.69) is 103 Å². The molecule has 4 heteroatoms. The van der Waals surface area contributed by atoms with Crippen molar-refractivity contribution in [1.29, 1.82) is 0 Å². The van der Waals surface area contributed by atoms with Crippen LogP contribution in [0.2, 0.25) is 0 Å². The molecule has 0 fully saturated rings. The highest BCUT2D eigenvalue weighted by atomic mass is 35.5. The number of para-hydroxylation sites is 1. The first-order valence-electron chi connectivity index (χ1n) is 12.0. The molecule has 0 amide bonds. The van der Waals surface area contributed by atoms with E-state index < -0.39 is 7.26 Å². The van der Waals surface area contributed by atoms with Gasteiger partial charge in [0.15, 0.2) is 11.6 Å². The average Bonchev–Trinajstić information content (AvgIpc) is 2.95. The summed E-state index contributed by atoms with van der Waals surface area (Å²) in [6, 6.07) is 46.7. The molecule has 0 atom stereocenters. The Morgan fingerprint density at radius 2 is 1.05 bits per heavy atom. The second kappa shape index (κ2) is 12.5. The van der Waals surface area contributed by atoms with E-state index in [0.717, 1.165) is 11.7 Å². The van der Waals surface area contributed by atoms with Gasteiger partial charge in [-0.3, -0.25) is 0 Å². The van der Waals surface area contributed by atoms with Gasteiger partial charge in [-0.05, 0) is 72.3 Å². The second-order valence-electron chi connectivity index (χ2n) is 8.51. The SMILES string of the molecule is Fc1ccc(/C=C/C[P+](c2ccccc2)(c2ccccc2)c2ccccc2)cc1Oc1ccccc1.[Cl-]. The van der Waals surface area contributed by atoms with Crippen molar-refractivity contribution >= 4 is 29.3 Å². The van der Waals surface area contributed by atoms with Gasteiger partial charge in [0, 0.05) is 0 Å². The standard InChI is InChI=1S/C33H27FOP.ClH/c34-32-24-23-27(26-33(32)35-28-15-5-1-6-16-28)14-13-25-36(29-17-7-2-8-18-29,30-19-9-3-10-20-30)31-21-11-4-12-22-31;/h1-24,26H,25H2;1H/q+1;/p-1/b14-13+;. The predicted octanol–water partition coefficient (Wildman–Crippen LogP) is 4.63. The Morgan fingerprint density at radius 3 is 1.54 bits per heavy atom. The van der Waals surface area contributed by atoms with Crippen LogP contribution in [0.15, 0.2) is 146 Å². The van der Waals surface area contributed by atoms with Gasteiger partial charge in [-0.15, -0.1) is 0 Å². The second-order valence-corrected chi connectivity index (χ2v) is 12.0.